The summed E-state index contributed by atoms with van der Waals surface area (Å²) in [6.07, 6.45) is 8.27. The van der Waals surface area contributed by atoms with Crippen molar-refractivity contribution >= 4 is 5.82 Å². The molecule has 2 heterocycles. The fraction of sp³-hybridized carbons (Fsp3) is 0.500. The van der Waals surface area contributed by atoms with E-state index < -0.39 is 0 Å². The van der Waals surface area contributed by atoms with Gasteiger partial charge in [0.05, 0.1) is 0 Å². The number of nitrogens with one attached hydrogen (secondary N) is 1. The molecule has 3 rings (SSSR count). The Morgan fingerprint density at radius 1 is 1.37 bits per heavy atom. The molecule has 0 saturated heterocycles. The van der Waals surface area contributed by atoms with Crippen LogP contribution in [-0.2, 0) is 6.42 Å². The van der Waals surface area contributed by atoms with E-state index in [0.29, 0.717) is 5.92 Å². The first kappa shape index (κ1) is 12.1. The number of aromatic nitrogens is 4. The van der Waals surface area contributed by atoms with E-state index in [1.807, 2.05) is 25.5 Å². The first-order valence-corrected chi connectivity index (χ1v) is 6.91. The van der Waals surface area contributed by atoms with E-state index >= 15 is 0 Å². The van der Waals surface area contributed by atoms with Crippen LogP contribution in [0.3, 0.4) is 0 Å². The van der Waals surface area contributed by atoms with Gasteiger partial charge in [0.1, 0.15) is 23.3 Å². The topological polar surface area (TPSA) is 55.6 Å². The Labute approximate surface area is 113 Å². The molecule has 19 heavy (non-hydrogen) atoms. The molecule has 0 aromatic carbocycles. The number of aryl methyl sites for hydroxylation is 1. The first-order chi connectivity index (χ1) is 9.31. The van der Waals surface area contributed by atoms with Crippen LogP contribution >= 0.6 is 0 Å². The lowest BCUT2D eigenvalue weighted by Gasteiger charge is -2.10. The third-order valence-corrected chi connectivity index (χ3v) is 3.37. The smallest absolute Gasteiger partial charge is 0.143 e. The minimum absolute atomic E-state index is 0.546. The number of imidazole rings is 1. The van der Waals surface area contributed by atoms with Gasteiger partial charge >= 0.3 is 0 Å². The highest BCUT2D eigenvalue weighted by Crippen LogP contribution is 2.38. The van der Waals surface area contributed by atoms with Crippen molar-refractivity contribution in [3.8, 4) is 5.82 Å². The van der Waals surface area contributed by atoms with E-state index in [9.17, 15) is 0 Å². The van der Waals surface area contributed by atoms with Crippen LogP contribution in [0.2, 0.25) is 0 Å². The molecule has 1 aliphatic carbocycles. The van der Waals surface area contributed by atoms with Crippen molar-refractivity contribution in [2.45, 2.75) is 38.5 Å². The van der Waals surface area contributed by atoms with Gasteiger partial charge in [0.15, 0.2) is 0 Å². The molecule has 100 valence electrons. The summed E-state index contributed by atoms with van der Waals surface area (Å²) in [4.78, 5) is 13.7. The van der Waals surface area contributed by atoms with Crippen molar-refractivity contribution in [2.24, 2.45) is 0 Å². The van der Waals surface area contributed by atoms with Crippen molar-refractivity contribution in [1.29, 1.82) is 0 Å². The van der Waals surface area contributed by atoms with Gasteiger partial charge in [-0.1, -0.05) is 6.92 Å². The summed E-state index contributed by atoms with van der Waals surface area (Å²) < 4.78 is 2.07. The number of hydrogen-bond acceptors (Lipinski definition) is 4. The third-order valence-electron chi connectivity index (χ3n) is 3.37. The van der Waals surface area contributed by atoms with Gasteiger partial charge < -0.3 is 5.32 Å². The van der Waals surface area contributed by atoms with E-state index in [1.165, 1.54) is 12.8 Å². The fourth-order valence-electron chi connectivity index (χ4n) is 2.18. The van der Waals surface area contributed by atoms with Gasteiger partial charge in [0.25, 0.3) is 0 Å². The lowest BCUT2D eigenvalue weighted by atomic mass is 10.3. The van der Waals surface area contributed by atoms with Crippen LogP contribution in [0.25, 0.3) is 5.82 Å². The fourth-order valence-corrected chi connectivity index (χ4v) is 2.18. The number of nitrogens with zero attached hydrogens (tertiary/aromatic N) is 4. The lowest BCUT2D eigenvalue weighted by Crippen LogP contribution is -2.07. The molecule has 1 aliphatic rings. The summed E-state index contributed by atoms with van der Waals surface area (Å²) >= 11 is 0. The molecule has 2 aromatic heterocycles. The van der Waals surface area contributed by atoms with Gasteiger partial charge in [-0.3, -0.25) is 4.57 Å². The Kier molecular flexibility index (Phi) is 3.19. The predicted molar refractivity (Wildman–Crippen MR) is 74.7 cm³/mol. The monoisotopic (exact) mass is 257 g/mol. The summed E-state index contributed by atoms with van der Waals surface area (Å²) in [5.41, 5.74) is 0. The molecule has 0 amide bonds. The van der Waals surface area contributed by atoms with Crippen LogP contribution in [-0.4, -0.2) is 26.6 Å². The highest BCUT2D eigenvalue weighted by Gasteiger charge is 2.27. The molecule has 0 radical (unpaired) electrons. The SMILES string of the molecule is CCCc1nccn1-c1cc(NC)nc(C2CC2)n1. The summed E-state index contributed by atoms with van der Waals surface area (Å²) in [7, 11) is 1.89. The summed E-state index contributed by atoms with van der Waals surface area (Å²) in [5.74, 6) is 4.36. The summed E-state index contributed by atoms with van der Waals surface area (Å²) in [6, 6.07) is 1.98. The molecule has 0 aliphatic heterocycles. The highest BCUT2D eigenvalue weighted by atomic mass is 15.2. The van der Waals surface area contributed by atoms with E-state index in [0.717, 1.165) is 36.1 Å². The molecule has 1 N–H and O–H groups in total. The lowest BCUT2D eigenvalue weighted by molar-refractivity contribution is 0.786. The zero-order valence-electron chi connectivity index (χ0n) is 11.4. The molecule has 0 unspecified atom stereocenters. The maximum absolute atomic E-state index is 4.70. The first-order valence-electron chi connectivity index (χ1n) is 6.91. The molecule has 1 saturated carbocycles. The maximum Gasteiger partial charge on any atom is 0.143 e. The number of rotatable bonds is 5. The molecule has 2 aromatic rings. The van der Waals surface area contributed by atoms with Crippen molar-refractivity contribution in [1.82, 2.24) is 19.5 Å². The van der Waals surface area contributed by atoms with Crippen LogP contribution in [0.5, 0.6) is 0 Å². The van der Waals surface area contributed by atoms with Gasteiger partial charge in [-0.15, -0.1) is 0 Å². The molecule has 5 heteroatoms. The van der Waals surface area contributed by atoms with Crippen molar-refractivity contribution in [3.63, 3.8) is 0 Å². The molecular formula is C14H19N5. The molecule has 1 fully saturated rings. The average molecular weight is 257 g/mol. The number of hydrogen-bond donors (Lipinski definition) is 1. The zero-order chi connectivity index (χ0) is 13.2. The minimum atomic E-state index is 0.546. The maximum atomic E-state index is 4.70. The number of anilines is 1. The minimum Gasteiger partial charge on any atom is -0.373 e. The van der Waals surface area contributed by atoms with Crippen LogP contribution < -0.4 is 5.32 Å². The quantitative estimate of drug-likeness (QED) is 0.894. The van der Waals surface area contributed by atoms with Crippen LogP contribution in [0, 0.1) is 0 Å². The highest BCUT2D eigenvalue weighted by molar-refractivity contribution is 5.42. The molecule has 0 spiro atoms. The summed E-state index contributed by atoms with van der Waals surface area (Å²) in [5, 5.41) is 3.12. The van der Waals surface area contributed by atoms with Crippen LogP contribution in [0.4, 0.5) is 5.82 Å². The average Bonchev–Trinajstić information content (AvgIpc) is 3.19. The molecule has 0 atom stereocenters. The van der Waals surface area contributed by atoms with Crippen molar-refractivity contribution in [2.75, 3.05) is 12.4 Å². The van der Waals surface area contributed by atoms with Gasteiger partial charge in [-0.05, 0) is 19.3 Å². The Hall–Kier alpha value is -1.91. The largest absolute Gasteiger partial charge is 0.373 e. The molecule has 5 nitrogen and oxygen atoms in total. The molecule has 0 bridgehead atoms. The van der Waals surface area contributed by atoms with E-state index in [1.54, 1.807) is 0 Å². The Balaban J connectivity index is 2.02. The van der Waals surface area contributed by atoms with Crippen molar-refractivity contribution in [3.05, 3.63) is 30.1 Å². The predicted octanol–water partition coefficient (Wildman–Crippen LogP) is 2.53. The van der Waals surface area contributed by atoms with Gasteiger partial charge in [0.2, 0.25) is 0 Å². The van der Waals surface area contributed by atoms with E-state index in [-0.39, 0.29) is 0 Å². The zero-order valence-corrected chi connectivity index (χ0v) is 11.4. The van der Waals surface area contributed by atoms with Crippen LogP contribution in [0.15, 0.2) is 18.5 Å². The second-order valence-electron chi connectivity index (χ2n) is 4.96. The second-order valence-corrected chi connectivity index (χ2v) is 4.96. The van der Waals surface area contributed by atoms with Gasteiger partial charge in [0, 0.05) is 37.8 Å². The Morgan fingerprint density at radius 3 is 2.89 bits per heavy atom. The summed E-state index contributed by atoms with van der Waals surface area (Å²) in [6.45, 7) is 2.16. The normalized spacial score (nSPS) is 14.6. The van der Waals surface area contributed by atoms with Crippen molar-refractivity contribution < 1.29 is 0 Å². The second kappa shape index (κ2) is 4.99. The molecular weight excluding hydrogens is 238 g/mol. The third kappa shape index (κ3) is 2.45. The Morgan fingerprint density at radius 2 is 2.21 bits per heavy atom. The van der Waals surface area contributed by atoms with Crippen LogP contribution in [0.1, 0.15) is 43.8 Å². The van der Waals surface area contributed by atoms with E-state index in [2.05, 4.69) is 26.8 Å². The van der Waals surface area contributed by atoms with Gasteiger partial charge in [-0.2, -0.15) is 0 Å². The standard InChI is InChI=1S/C14H19N5/c1-3-4-12-16-7-8-19(12)13-9-11(15-2)17-14(18-13)10-5-6-10/h7-10H,3-6H2,1-2H3,(H,15,17,18). The Bertz CT molecular complexity index is 571. The van der Waals surface area contributed by atoms with Gasteiger partial charge in [-0.25, -0.2) is 15.0 Å². The van der Waals surface area contributed by atoms with E-state index in [4.69, 9.17) is 4.98 Å².